The van der Waals surface area contributed by atoms with Gasteiger partial charge in [-0.3, -0.25) is 4.79 Å². The third kappa shape index (κ3) is 34.1. The SMILES string of the molecule is CC/C=C\C/C=C\C/C=C\C/C=C\C/C=C\CCCCCCCCCCCCCCCCCCCC(=O)NC(COC1OC(CO)C(OC2OC(CO)C(OC3OC(CO)C(O)C(O)C3O)C(O)C2O)C(O)C1O)C(O)/C=C/CCCCCCCCCCCC. The number of ether oxygens (including phenoxy) is 6. The maximum atomic E-state index is 13.4. The summed E-state index contributed by atoms with van der Waals surface area (Å²) in [5.41, 5.74) is 0. The number of rotatable bonds is 53. The van der Waals surface area contributed by atoms with Crippen molar-refractivity contribution in [1.29, 1.82) is 0 Å². The molecule has 19 nitrogen and oxygen atoms in total. The molecular weight excluding hydrogens is 1150 g/mol. The number of carbonyl (C=O) groups is 1. The summed E-state index contributed by atoms with van der Waals surface area (Å²) in [6.45, 7) is 1.60. The molecule has 522 valence electrons. The van der Waals surface area contributed by atoms with Crippen LogP contribution in [0.15, 0.2) is 72.9 Å². The van der Waals surface area contributed by atoms with E-state index in [1.54, 1.807) is 6.08 Å². The molecule has 0 radical (unpaired) electrons. The average Bonchev–Trinajstić information content (AvgIpc) is 0.864. The van der Waals surface area contributed by atoms with Gasteiger partial charge >= 0.3 is 0 Å². The summed E-state index contributed by atoms with van der Waals surface area (Å²) in [7, 11) is 0. The number of allylic oxidation sites excluding steroid dienone is 11. The van der Waals surface area contributed by atoms with Crippen LogP contribution in [-0.4, -0.2) is 193 Å². The van der Waals surface area contributed by atoms with Crippen molar-refractivity contribution in [2.24, 2.45) is 0 Å². The molecule has 90 heavy (non-hydrogen) atoms. The first-order valence-corrected chi connectivity index (χ1v) is 35.2. The van der Waals surface area contributed by atoms with Crippen LogP contribution in [-0.2, 0) is 33.2 Å². The van der Waals surface area contributed by atoms with Crippen LogP contribution in [0.4, 0.5) is 0 Å². The van der Waals surface area contributed by atoms with Gasteiger partial charge in [-0.1, -0.05) is 241 Å². The molecule has 0 bridgehead atoms. The molecule has 12 N–H and O–H groups in total. The van der Waals surface area contributed by atoms with Gasteiger partial charge in [0.05, 0.1) is 38.6 Å². The van der Waals surface area contributed by atoms with Gasteiger partial charge in [-0.25, -0.2) is 0 Å². The van der Waals surface area contributed by atoms with Gasteiger partial charge in [0.15, 0.2) is 18.9 Å². The predicted molar refractivity (Wildman–Crippen MR) is 351 cm³/mol. The van der Waals surface area contributed by atoms with E-state index in [1.165, 1.54) is 135 Å². The Morgan fingerprint density at radius 2 is 0.767 bits per heavy atom. The third-order valence-corrected chi connectivity index (χ3v) is 17.3. The second-order valence-electron chi connectivity index (χ2n) is 25.0. The fourth-order valence-electron chi connectivity index (χ4n) is 11.6. The minimum absolute atomic E-state index is 0.242. The van der Waals surface area contributed by atoms with Crippen LogP contribution in [0, 0.1) is 0 Å². The van der Waals surface area contributed by atoms with E-state index in [-0.39, 0.29) is 18.9 Å². The Morgan fingerprint density at radius 1 is 0.411 bits per heavy atom. The zero-order valence-corrected chi connectivity index (χ0v) is 55.1. The van der Waals surface area contributed by atoms with Crippen molar-refractivity contribution in [2.45, 2.75) is 343 Å². The zero-order chi connectivity index (χ0) is 65.4. The third-order valence-electron chi connectivity index (χ3n) is 17.3. The standard InChI is InChI=1S/C71H125NO18/c1-3-5-7-9-11-13-15-17-18-19-20-21-22-23-24-25-26-27-28-29-30-31-32-33-34-35-36-37-39-41-43-45-47-49-59(77)72-54(55(76)48-46-44-42-40-38-16-14-12-10-8-6-4-2)53-85-69-65(83)62(80)67(57(51-74)87-69)90-71-66(84)63(81)68(58(52-75)88-71)89-70-64(82)61(79)60(78)56(50-73)86-70/h5,7,11,13,17-18,20-21,23-24,46,48,54-58,60-71,73-76,78-84H,3-4,6,8-10,12,14-16,19,22,25-45,47,49-53H2,1-2H3,(H,72,77)/b7-5-,13-11-,18-17-,21-20-,24-23-,48-46+. The average molecular weight is 1280 g/mol. The number of unbranched alkanes of at least 4 members (excludes halogenated alkanes) is 27. The summed E-state index contributed by atoms with van der Waals surface area (Å²) < 4.78 is 34.3. The second kappa shape index (κ2) is 52.5. The number of hydrogen-bond acceptors (Lipinski definition) is 18. The number of hydrogen-bond donors (Lipinski definition) is 12. The smallest absolute Gasteiger partial charge is 0.220 e. The Labute approximate surface area is 540 Å². The van der Waals surface area contributed by atoms with Gasteiger partial charge in [0.1, 0.15) is 73.2 Å². The lowest BCUT2D eigenvalue weighted by molar-refractivity contribution is -0.379. The monoisotopic (exact) mass is 1280 g/mol. The van der Waals surface area contributed by atoms with Crippen molar-refractivity contribution in [1.82, 2.24) is 5.32 Å². The topological polar surface area (TPSA) is 307 Å². The van der Waals surface area contributed by atoms with Crippen molar-refractivity contribution >= 4 is 5.91 Å². The van der Waals surface area contributed by atoms with E-state index in [2.05, 4.69) is 79.9 Å². The van der Waals surface area contributed by atoms with Gasteiger partial charge in [0, 0.05) is 6.42 Å². The molecule has 0 saturated carbocycles. The van der Waals surface area contributed by atoms with E-state index in [0.717, 1.165) is 77.0 Å². The lowest BCUT2D eigenvalue weighted by Crippen LogP contribution is -2.66. The summed E-state index contributed by atoms with van der Waals surface area (Å²) in [6.07, 6.45) is 39.0. The van der Waals surface area contributed by atoms with Gasteiger partial charge < -0.3 is 89.9 Å². The van der Waals surface area contributed by atoms with E-state index in [1.807, 2.05) is 6.08 Å². The van der Waals surface area contributed by atoms with Crippen LogP contribution in [0.3, 0.4) is 0 Å². The molecule has 3 heterocycles. The largest absolute Gasteiger partial charge is 0.394 e. The van der Waals surface area contributed by atoms with Gasteiger partial charge in [-0.15, -0.1) is 0 Å². The fraction of sp³-hybridized carbons (Fsp3) is 0.817. The molecule has 0 aromatic heterocycles. The van der Waals surface area contributed by atoms with Crippen LogP contribution >= 0.6 is 0 Å². The second-order valence-corrected chi connectivity index (χ2v) is 25.0. The number of amides is 1. The predicted octanol–water partition coefficient (Wildman–Crippen LogP) is 9.33. The highest BCUT2D eigenvalue weighted by atomic mass is 16.8. The van der Waals surface area contributed by atoms with E-state index in [0.29, 0.717) is 6.42 Å². The molecule has 0 aromatic carbocycles. The summed E-state index contributed by atoms with van der Waals surface area (Å²) in [4.78, 5) is 13.4. The molecule has 17 atom stereocenters. The molecule has 19 heteroatoms. The molecule has 17 unspecified atom stereocenters. The Morgan fingerprint density at radius 3 is 1.20 bits per heavy atom. The van der Waals surface area contributed by atoms with Crippen LogP contribution in [0.25, 0.3) is 0 Å². The van der Waals surface area contributed by atoms with Crippen molar-refractivity contribution in [2.75, 3.05) is 26.4 Å². The quantitative estimate of drug-likeness (QED) is 0.0199. The van der Waals surface area contributed by atoms with Gasteiger partial charge in [0.2, 0.25) is 5.91 Å². The maximum Gasteiger partial charge on any atom is 0.220 e. The number of nitrogens with one attached hydrogen (secondary N) is 1. The summed E-state index contributed by atoms with van der Waals surface area (Å²) in [6, 6.07) is -0.974. The highest BCUT2D eigenvalue weighted by molar-refractivity contribution is 5.76. The van der Waals surface area contributed by atoms with Crippen LogP contribution in [0.1, 0.15) is 239 Å². The first-order chi connectivity index (χ1) is 43.8. The Kier molecular flexibility index (Phi) is 47.5. The van der Waals surface area contributed by atoms with Crippen molar-refractivity contribution in [3.63, 3.8) is 0 Å². The van der Waals surface area contributed by atoms with Crippen LogP contribution in [0.2, 0.25) is 0 Å². The first kappa shape index (κ1) is 81.5. The molecule has 3 aliphatic rings. The summed E-state index contributed by atoms with van der Waals surface area (Å²) >= 11 is 0. The Balaban J connectivity index is 1.35. The van der Waals surface area contributed by atoms with Crippen LogP contribution in [0.5, 0.6) is 0 Å². The Hall–Kier alpha value is -2.77. The first-order valence-electron chi connectivity index (χ1n) is 35.2. The minimum Gasteiger partial charge on any atom is -0.394 e. The summed E-state index contributed by atoms with van der Waals surface area (Å²) in [5.74, 6) is -0.277. The number of carbonyl (C=O) groups excluding carboxylic acids is 1. The van der Waals surface area contributed by atoms with Gasteiger partial charge in [-0.05, 0) is 64.2 Å². The van der Waals surface area contributed by atoms with E-state index in [9.17, 15) is 61.0 Å². The highest BCUT2D eigenvalue weighted by Gasteiger charge is 2.53. The van der Waals surface area contributed by atoms with Crippen molar-refractivity contribution < 1.29 is 89.4 Å². The molecular formula is C71H125NO18. The van der Waals surface area contributed by atoms with E-state index in [4.69, 9.17) is 28.4 Å². The molecule has 0 aromatic rings. The normalized spacial score (nSPS) is 28.5. The van der Waals surface area contributed by atoms with Gasteiger partial charge in [-0.2, -0.15) is 0 Å². The fourth-order valence-corrected chi connectivity index (χ4v) is 11.6. The lowest BCUT2D eigenvalue weighted by atomic mass is 9.96. The van der Waals surface area contributed by atoms with E-state index >= 15 is 0 Å². The van der Waals surface area contributed by atoms with Crippen molar-refractivity contribution in [3.05, 3.63) is 72.9 Å². The molecule has 0 aliphatic carbocycles. The Bertz CT molecular complexity index is 1920. The lowest BCUT2D eigenvalue weighted by Gasteiger charge is -2.48. The van der Waals surface area contributed by atoms with E-state index < -0.39 is 124 Å². The number of aliphatic hydroxyl groups excluding tert-OH is 11. The zero-order valence-electron chi connectivity index (χ0n) is 55.1. The van der Waals surface area contributed by atoms with Crippen LogP contribution < -0.4 is 5.32 Å². The maximum absolute atomic E-state index is 13.4. The molecule has 3 fully saturated rings. The summed E-state index contributed by atoms with van der Waals surface area (Å²) in [5, 5.41) is 120. The minimum atomic E-state index is -1.98. The number of aliphatic hydroxyl groups is 11. The molecule has 3 saturated heterocycles. The molecule has 1 amide bonds. The van der Waals surface area contributed by atoms with Gasteiger partial charge in [0.25, 0.3) is 0 Å². The highest BCUT2D eigenvalue weighted by Crippen LogP contribution is 2.33. The molecule has 0 spiro atoms. The molecule has 3 rings (SSSR count). The molecule has 3 aliphatic heterocycles. The van der Waals surface area contributed by atoms with Crippen molar-refractivity contribution in [3.8, 4) is 0 Å².